The number of sulfonamides is 1. The van der Waals surface area contributed by atoms with Gasteiger partial charge in [0.2, 0.25) is 15.8 Å². The number of hydrogen-bond acceptors (Lipinski definition) is 7. The number of benzene rings is 2. The third-order valence-corrected chi connectivity index (χ3v) is 4.99. The maximum Gasteiger partial charge on any atom is 0.321 e. The van der Waals surface area contributed by atoms with Crippen molar-refractivity contribution in [3.8, 4) is 6.07 Å². The van der Waals surface area contributed by atoms with Crippen LogP contribution in [0.25, 0.3) is 10.8 Å². The summed E-state index contributed by atoms with van der Waals surface area (Å²) in [6.45, 7) is 0.0135. The van der Waals surface area contributed by atoms with E-state index >= 15 is 0 Å². The van der Waals surface area contributed by atoms with E-state index in [4.69, 9.17) is 11.0 Å². The molecule has 0 atom stereocenters. The number of nitrogens with two attached hydrogens (primary N) is 1. The molecule has 0 radical (unpaired) electrons. The first kappa shape index (κ1) is 20.1. The molecular weight excluding hydrogens is 370 g/mol. The largest absolute Gasteiger partial charge is 0.456 e. The summed E-state index contributed by atoms with van der Waals surface area (Å²) in [5.41, 5.74) is 5.08. The van der Waals surface area contributed by atoms with Crippen molar-refractivity contribution in [1.82, 2.24) is 4.72 Å². The Morgan fingerprint density at radius 2 is 1.85 bits per heavy atom. The van der Waals surface area contributed by atoms with Gasteiger partial charge in [-0.05, 0) is 29.8 Å². The van der Waals surface area contributed by atoms with Crippen LogP contribution in [0.4, 0.5) is 0 Å². The van der Waals surface area contributed by atoms with Crippen LogP contribution >= 0.6 is 0 Å². The number of nitrogens with zero attached hydrogens (tertiary/aromatic N) is 1. The first-order valence-electron chi connectivity index (χ1n) is 7.78. The molecule has 0 heterocycles. The van der Waals surface area contributed by atoms with E-state index in [1.807, 2.05) is 12.1 Å². The minimum absolute atomic E-state index is 0.00136. The van der Waals surface area contributed by atoms with E-state index in [9.17, 15) is 18.0 Å². The van der Waals surface area contributed by atoms with Crippen molar-refractivity contribution in [2.75, 3.05) is 13.2 Å². The normalized spacial score (nSPS) is 12.1. The summed E-state index contributed by atoms with van der Waals surface area (Å²) in [6, 6.07) is 13.4. The van der Waals surface area contributed by atoms with Crippen LogP contribution in [0.15, 0.2) is 58.6 Å². The fraction of sp³-hybridized carbons (Fsp3) is 0.167. The second-order valence-electron chi connectivity index (χ2n) is 5.59. The first-order valence-corrected chi connectivity index (χ1v) is 9.26. The van der Waals surface area contributed by atoms with E-state index in [1.54, 1.807) is 24.3 Å². The molecule has 2 aromatic rings. The Labute approximate surface area is 156 Å². The van der Waals surface area contributed by atoms with E-state index in [-0.39, 0.29) is 16.2 Å². The fourth-order valence-electron chi connectivity index (χ4n) is 2.21. The van der Waals surface area contributed by atoms with Crippen LogP contribution < -0.4 is 10.5 Å². The molecule has 27 heavy (non-hydrogen) atoms. The number of carbonyl (C=O) groups is 2. The van der Waals surface area contributed by atoms with Crippen LogP contribution in [0.1, 0.15) is 6.92 Å². The van der Waals surface area contributed by atoms with Crippen LogP contribution in [0.5, 0.6) is 0 Å². The molecule has 3 N–H and O–H groups in total. The number of carbonyl (C=O) groups excluding carboxylic acids is 2. The maximum absolute atomic E-state index is 12.3. The molecule has 2 rings (SSSR count). The summed E-state index contributed by atoms with van der Waals surface area (Å²) in [4.78, 5) is 23.4. The first-order chi connectivity index (χ1) is 12.7. The van der Waals surface area contributed by atoms with Crippen molar-refractivity contribution < 1.29 is 22.7 Å². The van der Waals surface area contributed by atoms with Crippen molar-refractivity contribution in [2.24, 2.45) is 5.73 Å². The predicted octanol–water partition coefficient (Wildman–Crippen LogP) is 0.987. The molecule has 0 aliphatic carbocycles. The van der Waals surface area contributed by atoms with Crippen molar-refractivity contribution >= 4 is 32.5 Å². The molecule has 0 saturated carbocycles. The molecule has 0 aliphatic rings. The number of esters is 1. The van der Waals surface area contributed by atoms with E-state index in [2.05, 4.69) is 9.46 Å². The fourth-order valence-corrected chi connectivity index (χ4v) is 3.22. The number of fused-ring (bicyclic) bond motifs is 1. The van der Waals surface area contributed by atoms with Gasteiger partial charge in [-0.1, -0.05) is 30.3 Å². The molecular formula is C18H17N3O5S. The third kappa shape index (κ3) is 5.13. The second kappa shape index (κ2) is 8.44. The van der Waals surface area contributed by atoms with Gasteiger partial charge in [0, 0.05) is 5.70 Å². The van der Waals surface area contributed by atoms with Crippen LogP contribution in [0.2, 0.25) is 0 Å². The zero-order chi connectivity index (χ0) is 20.0. The third-order valence-electron chi connectivity index (χ3n) is 3.59. The topological polar surface area (TPSA) is 139 Å². The highest BCUT2D eigenvalue weighted by molar-refractivity contribution is 7.89. The van der Waals surface area contributed by atoms with E-state index in [0.29, 0.717) is 0 Å². The molecule has 0 fully saturated rings. The Hall–Kier alpha value is -3.22. The SMILES string of the molecule is CC(N)=C(C#N)C(=O)COC(=O)CNS(=O)(=O)c1ccc2ccccc2c1. The van der Waals surface area contributed by atoms with Crippen LogP contribution in [0.3, 0.4) is 0 Å². The average molecular weight is 387 g/mol. The Balaban J connectivity index is 1.98. The number of ketones is 1. The van der Waals surface area contributed by atoms with Gasteiger partial charge >= 0.3 is 5.97 Å². The lowest BCUT2D eigenvalue weighted by Crippen LogP contribution is -2.31. The van der Waals surface area contributed by atoms with Crippen molar-refractivity contribution in [2.45, 2.75) is 11.8 Å². The lowest BCUT2D eigenvalue weighted by Gasteiger charge is -2.08. The Morgan fingerprint density at radius 1 is 1.19 bits per heavy atom. The molecule has 0 saturated heterocycles. The summed E-state index contributed by atoms with van der Waals surface area (Å²) in [5, 5.41) is 10.4. The minimum atomic E-state index is -3.94. The average Bonchev–Trinajstić information content (AvgIpc) is 2.64. The number of nitriles is 1. The number of nitrogens with one attached hydrogen (secondary N) is 1. The summed E-state index contributed by atoms with van der Waals surface area (Å²) in [5.74, 6) is -1.72. The van der Waals surface area contributed by atoms with Gasteiger partial charge in [0.05, 0.1) is 4.90 Å². The van der Waals surface area contributed by atoms with Gasteiger partial charge in [0.25, 0.3) is 0 Å². The maximum atomic E-state index is 12.3. The van der Waals surface area contributed by atoms with Gasteiger partial charge < -0.3 is 10.5 Å². The number of Topliss-reactive ketones (excluding diaryl/α,β-unsaturated/α-hetero) is 1. The van der Waals surface area contributed by atoms with Crippen LogP contribution in [0, 0.1) is 11.3 Å². The minimum Gasteiger partial charge on any atom is -0.456 e. The Morgan fingerprint density at radius 3 is 2.48 bits per heavy atom. The summed E-state index contributed by atoms with van der Waals surface area (Å²) in [7, 11) is -3.94. The smallest absolute Gasteiger partial charge is 0.321 e. The number of allylic oxidation sites excluding steroid dienone is 1. The molecule has 0 spiro atoms. The zero-order valence-corrected chi connectivity index (χ0v) is 15.2. The van der Waals surface area contributed by atoms with Gasteiger partial charge in [-0.15, -0.1) is 0 Å². The zero-order valence-electron chi connectivity index (χ0n) is 14.4. The van der Waals surface area contributed by atoms with Gasteiger partial charge in [-0.2, -0.15) is 9.98 Å². The molecule has 0 aliphatic heterocycles. The molecule has 9 heteroatoms. The monoisotopic (exact) mass is 387 g/mol. The number of ether oxygens (including phenoxy) is 1. The highest BCUT2D eigenvalue weighted by Crippen LogP contribution is 2.18. The molecule has 140 valence electrons. The summed E-state index contributed by atoms with van der Waals surface area (Å²) >= 11 is 0. The molecule has 0 aromatic heterocycles. The molecule has 0 unspecified atom stereocenters. The van der Waals surface area contributed by atoms with Gasteiger partial charge in [0.15, 0.2) is 6.61 Å². The van der Waals surface area contributed by atoms with Gasteiger partial charge in [-0.3, -0.25) is 9.59 Å². The molecule has 0 bridgehead atoms. The van der Waals surface area contributed by atoms with Crippen molar-refractivity contribution in [1.29, 1.82) is 5.26 Å². The van der Waals surface area contributed by atoms with Crippen molar-refractivity contribution in [3.63, 3.8) is 0 Å². The highest BCUT2D eigenvalue weighted by Gasteiger charge is 2.18. The number of hydrogen-bond donors (Lipinski definition) is 2. The van der Waals surface area contributed by atoms with Crippen LogP contribution in [-0.4, -0.2) is 33.3 Å². The molecule has 0 amide bonds. The number of rotatable bonds is 7. The lowest BCUT2D eigenvalue weighted by atomic mass is 10.1. The highest BCUT2D eigenvalue weighted by atomic mass is 32.2. The standard InChI is InChI=1S/C18H17N3O5S/c1-12(20)16(9-19)17(22)11-26-18(23)10-21-27(24,25)15-7-6-13-4-2-3-5-14(13)8-15/h2-8,21H,10-11,20H2,1H3. The predicted molar refractivity (Wildman–Crippen MR) is 97.6 cm³/mol. The summed E-state index contributed by atoms with van der Waals surface area (Å²) in [6.07, 6.45) is 0. The van der Waals surface area contributed by atoms with Gasteiger partial charge in [0.1, 0.15) is 18.2 Å². The van der Waals surface area contributed by atoms with E-state index < -0.39 is 34.9 Å². The van der Waals surface area contributed by atoms with Crippen LogP contribution in [-0.2, 0) is 24.3 Å². The summed E-state index contributed by atoms with van der Waals surface area (Å²) < 4.78 is 31.4. The second-order valence-corrected chi connectivity index (χ2v) is 7.35. The Bertz CT molecular complexity index is 1060. The quantitative estimate of drug-likeness (QED) is 0.410. The molecule has 8 nitrogen and oxygen atoms in total. The molecule has 2 aromatic carbocycles. The van der Waals surface area contributed by atoms with Gasteiger partial charge in [-0.25, -0.2) is 8.42 Å². The van der Waals surface area contributed by atoms with Crippen molar-refractivity contribution in [3.05, 3.63) is 53.7 Å². The lowest BCUT2D eigenvalue weighted by molar-refractivity contribution is -0.145. The van der Waals surface area contributed by atoms with E-state index in [0.717, 1.165) is 10.8 Å². The van der Waals surface area contributed by atoms with E-state index in [1.165, 1.54) is 19.1 Å². The Kier molecular flexibility index (Phi) is 6.28.